The molecule has 2 aromatic rings. The lowest BCUT2D eigenvalue weighted by molar-refractivity contribution is 0.182. The number of nitrogens with one attached hydrogen (secondary N) is 2. The summed E-state index contributed by atoms with van der Waals surface area (Å²) in [6.45, 7) is 6.99. The van der Waals surface area contributed by atoms with Gasteiger partial charge in [-0.1, -0.05) is 30.3 Å². The molecule has 0 amide bonds. The Morgan fingerprint density at radius 3 is 2.54 bits per heavy atom. The Bertz CT molecular complexity index is 664. The van der Waals surface area contributed by atoms with Gasteiger partial charge in [0, 0.05) is 38.5 Å². The van der Waals surface area contributed by atoms with Gasteiger partial charge >= 0.3 is 0 Å². The maximum atomic E-state index is 5.13. The molecule has 1 aromatic heterocycles. The van der Waals surface area contributed by atoms with E-state index in [1.807, 2.05) is 29.8 Å². The predicted molar refractivity (Wildman–Crippen MR) is 97.1 cm³/mol. The molecule has 0 unspecified atom stereocenters. The van der Waals surface area contributed by atoms with Gasteiger partial charge in [-0.15, -0.1) is 0 Å². The van der Waals surface area contributed by atoms with Crippen molar-refractivity contribution in [3.8, 4) is 0 Å². The van der Waals surface area contributed by atoms with Gasteiger partial charge in [0.2, 0.25) is 0 Å². The second-order valence-electron chi connectivity index (χ2n) is 5.63. The van der Waals surface area contributed by atoms with Crippen LogP contribution in [0.5, 0.6) is 0 Å². The van der Waals surface area contributed by atoms with Crippen LogP contribution in [0.25, 0.3) is 0 Å². The van der Waals surface area contributed by atoms with Crippen molar-refractivity contribution in [2.75, 3.05) is 20.8 Å². The second-order valence-corrected chi connectivity index (χ2v) is 5.63. The van der Waals surface area contributed by atoms with Gasteiger partial charge in [0.25, 0.3) is 0 Å². The molecule has 130 valence electrons. The molecule has 6 nitrogen and oxygen atoms in total. The van der Waals surface area contributed by atoms with Gasteiger partial charge < -0.3 is 15.4 Å². The summed E-state index contributed by atoms with van der Waals surface area (Å²) in [6, 6.07) is 10.3. The molecular weight excluding hydrogens is 302 g/mol. The largest absolute Gasteiger partial charge is 0.383 e. The zero-order valence-electron chi connectivity index (χ0n) is 15.0. The molecule has 0 radical (unpaired) electrons. The number of nitrogens with zero attached hydrogens (tertiary/aromatic N) is 3. The van der Waals surface area contributed by atoms with Crippen molar-refractivity contribution in [1.29, 1.82) is 0 Å². The number of aliphatic imine (C=N–C) groups is 1. The van der Waals surface area contributed by atoms with Crippen LogP contribution in [0.15, 0.2) is 35.3 Å². The molecule has 0 atom stereocenters. The number of hydrogen-bond acceptors (Lipinski definition) is 3. The van der Waals surface area contributed by atoms with E-state index in [1.165, 1.54) is 11.1 Å². The summed E-state index contributed by atoms with van der Waals surface area (Å²) in [5.74, 6) is 0.780. The highest BCUT2D eigenvalue weighted by molar-refractivity contribution is 5.79. The molecule has 0 aliphatic heterocycles. The molecule has 0 aliphatic carbocycles. The summed E-state index contributed by atoms with van der Waals surface area (Å²) in [4.78, 5) is 4.28. The van der Waals surface area contributed by atoms with E-state index in [0.29, 0.717) is 13.2 Å². The number of hydrogen-bond donors (Lipinski definition) is 2. The van der Waals surface area contributed by atoms with E-state index in [2.05, 4.69) is 39.8 Å². The summed E-state index contributed by atoms with van der Waals surface area (Å²) >= 11 is 0. The molecule has 6 heteroatoms. The molecule has 2 rings (SSSR count). The van der Waals surface area contributed by atoms with Crippen LogP contribution >= 0.6 is 0 Å². The fraction of sp³-hybridized carbons (Fsp3) is 0.444. The van der Waals surface area contributed by atoms with Crippen LogP contribution in [0.1, 0.15) is 22.5 Å². The molecule has 1 aromatic carbocycles. The number of benzene rings is 1. The van der Waals surface area contributed by atoms with Gasteiger partial charge in [0.15, 0.2) is 5.96 Å². The smallest absolute Gasteiger partial charge is 0.191 e. The predicted octanol–water partition coefficient (Wildman–Crippen LogP) is 2.01. The lowest BCUT2D eigenvalue weighted by Crippen LogP contribution is -2.36. The van der Waals surface area contributed by atoms with E-state index in [1.54, 1.807) is 14.2 Å². The third-order valence-electron chi connectivity index (χ3n) is 4.00. The normalized spacial score (nSPS) is 11.6. The molecule has 1 heterocycles. The van der Waals surface area contributed by atoms with Crippen molar-refractivity contribution in [2.24, 2.45) is 4.99 Å². The molecule has 24 heavy (non-hydrogen) atoms. The average Bonchev–Trinajstić information content (AvgIpc) is 2.88. The number of ether oxygens (including phenoxy) is 1. The van der Waals surface area contributed by atoms with E-state index in [0.717, 1.165) is 30.4 Å². The SMILES string of the molecule is CN=C(NCc1ccccc1)NCc1c(C)nn(CCOC)c1C. The number of aromatic nitrogens is 2. The summed E-state index contributed by atoms with van der Waals surface area (Å²) in [6.07, 6.45) is 0. The lowest BCUT2D eigenvalue weighted by Gasteiger charge is -2.12. The molecule has 0 spiro atoms. The summed E-state index contributed by atoms with van der Waals surface area (Å²) in [7, 11) is 3.48. The maximum Gasteiger partial charge on any atom is 0.191 e. The highest BCUT2D eigenvalue weighted by atomic mass is 16.5. The molecule has 0 fully saturated rings. The lowest BCUT2D eigenvalue weighted by atomic mass is 10.2. The van der Waals surface area contributed by atoms with Crippen molar-refractivity contribution in [3.05, 3.63) is 52.8 Å². The van der Waals surface area contributed by atoms with Crippen LogP contribution in [0, 0.1) is 13.8 Å². The quantitative estimate of drug-likeness (QED) is 0.602. The van der Waals surface area contributed by atoms with Crippen molar-refractivity contribution < 1.29 is 4.74 Å². The number of aryl methyl sites for hydroxylation is 1. The summed E-state index contributed by atoms with van der Waals surface area (Å²) in [5.41, 5.74) is 4.62. The summed E-state index contributed by atoms with van der Waals surface area (Å²) in [5, 5.41) is 11.3. The first-order valence-electron chi connectivity index (χ1n) is 8.16. The van der Waals surface area contributed by atoms with E-state index < -0.39 is 0 Å². The molecule has 0 saturated carbocycles. The minimum Gasteiger partial charge on any atom is -0.383 e. The van der Waals surface area contributed by atoms with Gasteiger partial charge in [0.05, 0.1) is 18.8 Å². The van der Waals surface area contributed by atoms with Crippen LogP contribution in [0.4, 0.5) is 0 Å². The number of methoxy groups -OCH3 is 1. The van der Waals surface area contributed by atoms with Crippen molar-refractivity contribution in [2.45, 2.75) is 33.5 Å². The zero-order valence-corrected chi connectivity index (χ0v) is 15.0. The topological polar surface area (TPSA) is 63.5 Å². The minimum absolute atomic E-state index is 0.662. The van der Waals surface area contributed by atoms with E-state index in [9.17, 15) is 0 Å². The third kappa shape index (κ3) is 4.83. The average molecular weight is 329 g/mol. The van der Waals surface area contributed by atoms with Crippen LogP contribution in [-0.4, -0.2) is 36.5 Å². The van der Waals surface area contributed by atoms with Gasteiger partial charge in [-0.05, 0) is 19.4 Å². The molecule has 0 saturated heterocycles. The van der Waals surface area contributed by atoms with Crippen LogP contribution in [-0.2, 0) is 24.4 Å². The Labute approximate surface area is 143 Å². The molecular formula is C18H27N5O. The highest BCUT2D eigenvalue weighted by Gasteiger charge is 2.11. The number of guanidine groups is 1. The fourth-order valence-electron chi connectivity index (χ4n) is 2.56. The third-order valence-corrected chi connectivity index (χ3v) is 4.00. The van der Waals surface area contributed by atoms with Crippen LogP contribution in [0.3, 0.4) is 0 Å². The summed E-state index contributed by atoms with van der Waals surface area (Å²) < 4.78 is 7.13. The minimum atomic E-state index is 0.662. The van der Waals surface area contributed by atoms with E-state index in [4.69, 9.17) is 4.74 Å². The Morgan fingerprint density at radius 1 is 1.17 bits per heavy atom. The van der Waals surface area contributed by atoms with Gasteiger partial charge in [-0.3, -0.25) is 9.67 Å². The van der Waals surface area contributed by atoms with Crippen LogP contribution < -0.4 is 10.6 Å². The van der Waals surface area contributed by atoms with Gasteiger partial charge in [-0.2, -0.15) is 5.10 Å². The van der Waals surface area contributed by atoms with Crippen LogP contribution in [0.2, 0.25) is 0 Å². The van der Waals surface area contributed by atoms with Crippen molar-refractivity contribution >= 4 is 5.96 Å². The second kappa shape index (κ2) is 9.08. The van der Waals surface area contributed by atoms with Crippen molar-refractivity contribution in [3.63, 3.8) is 0 Å². The zero-order chi connectivity index (χ0) is 17.4. The van der Waals surface area contributed by atoms with Gasteiger partial charge in [-0.25, -0.2) is 0 Å². The maximum absolute atomic E-state index is 5.13. The van der Waals surface area contributed by atoms with E-state index >= 15 is 0 Å². The monoisotopic (exact) mass is 329 g/mol. The Morgan fingerprint density at radius 2 is 1.88 bits per heavy atom. The van der Waals surface area contributed by atoms with Gasteiger partial charge in [0.1, 0.15) is 0 Å². The standard InChI is InChI=1S/C18H27N5O/c1-14-17(15(2)23(22-14)10-11-24-4)13-21-18(19-3)20-12-16-8-6-5-7-9-16/h5-9H,10-13H2,1-4H3,(H2,19,20,21). The number of rotatable bonds is 7. The fourth-order valence-corrected chi connectivity index (χ4v) is 2.56. The molecule has 0 bridgehead atoms. The Hall–Kier alpha value is -2.34. The first-order chi connectivity index (χ1) is 11.7. The van der Waals surface area contributed by atoms with Crippen molar-refractivity contribution in [1.82, 2.24) is 20.4 Å². The van der Waals surface area contributed by atoms with E-state index in [-0.39, 0.29) is 0 Å². The first-order valence-corrected chi connectivity index (χ1v) is 8.16. The molecule has 0 aliphatic rings. The Balaban J connectivity index is 1.92. The Kier molecular flexibility index (Phi) is 6.81. The molecule has 2 N–H and O–H groups in total. The highest BCUT2D eigenvalue weighted by Crippen LogP contribution is 2.12. The first kappa shape index (κ1) is 18.0.